The third-order valence-electron chi connectivity index (χ3n) is 5.42. The van der Waals surface area contributed by atoms with Crippen LogP contribution in [-0.4, -0.2) is 52.0 Å². The summed E-state index contributed by atoms with van der Waals surface area (Å²) in [5.41, 5.74) is 2.07. The topological polar surface area (TPSA) is 94.6 Å². The van der Waals surface area contributed by atoms with Crippen molar-refractivity contribution in [2.75, 3.05) is 47.2 Å². The zero-order valence-corrected chi connectivity index (χ0v) is 19.8. The van der Waals surface area contributed by atoms with Crippen LogP contribution >= 0.6 is 11.3 Å². The van der Waals surface area contributed by atoms with Crippen molar-refractivity contribution in [3.63, 3.8) is 0 Å². The van der Waals surface area contributed by atoms with Gasteiger partial charge in [-0.15, -0.1) is 11.3 Å². The third-order valence-corrected chi connectivity index (χ3v) is 7.60. The molecule has 2 N–H and O–H groups in total. The molecule has 0 spiro atoms. The van der Waals surface area contributed by atoms with Crippen LogP contribution < -0.4 is 19.8 Å². The fraction of sp³-hybridized carbons (Fsp3) is 0.304. The van der Waals surface area contributed by atoms with Crippen molar-refractivity contribution in [2.24, 2.45) is 0 Å². The molecule has 0 bridgehead atoms. The lowest BCUT2D eigenvalue weighted by Gasteiger charge is -2.29. The molecule has 0 radical (unpaired) electrons. The summed E-state index contributed by atoms with van der Waals surface area (Å²) < 4.78 is 26.8. The quantitative estimate of drug-likeness (QED) is 0.568. The third kappa shape index (κ3) is 6.10. The van der Waals surface area contributed by atoms with Crippen molar-refractivity contribution in [3.05, 3.63) is 66.2 Å². The summed E-state index contributed by atoms with van der Waals surface area (Å²) in [6.45, 7) is 5.15. The van der Waals surface area contributed by atoms with Crippen LogP contribution in [0.5, 0.6) is 0 Å². The number of hydrogen-bond donors (Lipinski definition) is 2. The van der Waals surface area contributed by atoms with E-state index in [1.54, 1.807) is 22.4 Å². The van der Waals surface area contributed by atoms with Crippen molar-refractivity contribution in [1.29, 1.82) is 0 Å². The Hall–Kier alpha value is -2.95. The van der Waals surface area contributed by atoms with Crippen LogP contribution in [0.4, 0.5) is 16.5 Å². The fourth-order valence-corrected chi connectivity index (χ4v) is 5.52. The van der Waals surface area contributed by atoms with Crippen molar-refractivity contribution < 1.29 is 16.1 Å². The molecule has 178 valence electrons. The summed E-state index contributed by atoms with van der Waals surface area (Å²) in [6.07, 6.45) is 2.92. The smallest absolute Gasteiger partial charge is 0.263 e. The van der Waals surface area contributed by atoms with E-state index in [1.807, 2.05) is 0 Å². The summed E-state index contributed by atoms with van der Waals surface area (Å²) in [6, 6.07) is 16.9. The number of rotatable bonds is 5. The van der Waals surface area contributed by atoms with E-state index in [0.29, 0.717) is 18.1 Å². The lowest BCUT2D eigenvalue weighted by Crippen LogP contribution is -2.43. The maximum absolute atomic E-state index is 12.2. The van der Waals surface area contributed by atoms with Gasteiger partial charge in [-0.2, -0.15) is 0 Å². The van der Waals surface area contributed by atoms with E-state index in [4.69, 9.17) is 0 Å². The first-order chi connectivity index (χ1) is 16.0. The van der Waals surface area contributed by atoms with Gasteiger partial charge in [-0.3, -0.25) is 9.52 Å². The molecule has 2 fully saturated rings. The first kappa shape index (κ1) is 23.2. The molecule has 2 aliphatic rings. The highest BCUT2D eigenvalue weighted by atomic mass is 32.2. The van der Waals surface area contributed by atoms with Gasteiger partial charge >= 0.3 is 0 Å². The van der Waals surface area contributed by atoms with Crippen LogP contribution in [0.25, 0.3) is 0 Å². The van der Waals surface area contributed by atoms with Gasteiger partial charge in [0.05, 0.1) is 4.90 Å². The lowest BCUT2D eigenvalue weighted by molar-refractivity contribution is -0.117. The predicted molar refractivity (Wildman–Crippen MR) is 137 cm³/mol. The number of nitrogens with one attached hydrogen (secondary N) is 2. The Morgan fingerprint density at radius 3 is 2.30 bits per heavy atom. The Kier molecular flexibility index (Phi) is 7.58. The predicted octanol–water partition coefficient (Wildman–Crippen LogP) is 3.66. The minimum atomic E-state index is -3.64. The minimum absolute atomic E-state index is 0. The highest BCUT2D eigenvalue weighted by Crippen LogP contribution is 2.24. The zero-order chi connectivity index (χ0) is 23.1. The second-order valence-electron chi connectivity index (χ2n) is 7.66. The Labute approximate surface area is 201 Å². The number of carbonyl (C=O) groups excluding carboxylic acids is 1. The van der Waals surface area contributed by atoms with E-state index in [1.165, 1.54) is 35.4 Å². The van der Waals surface area contributed by atoms with Gasteiger partial charge in [0.15, 0.2) is 5.13 Å². The van der Waals surface area contributed by atoms with E-state index in [9.17, 15) is 13.2 Å². The molecule has 2 saturated heterocycles. The Morgan fingerprint density at radius 1 is 0.970 bits per heavy atom. The molecule has 0 unspecified atom stereocenters. The number of aromatic nitrogens is 1. The molecular formula is C23H31N5O3S2. The molecule has 0 aliphatic carbocycles. The average molecular weight is 490 g/mol. The summed E-state index contributed by atoms with van der Waals surface area (Å²) in [5.74, 6) is 0.0755. The number of nitrogens with zero attached hydrogens (tertiary/aromatic N) is 3. The molecule has 3 heterocycles. The van der Waals surface area contributed by atoms with Gasteiger partial charge in [0.1, 0.15) is 0 Å². The number of amides is 1. The molecule has 33 heavy (non-hydrogen) atoms. The Balaban J connectivity index is 0.000000265. The molecule has 10 heteroatoms. The van der Waals surface area contributed by atoms with E-state index >= 15 is 0 Å². The molecule has 2 aromatic carbocycles. The molecule has 1 aromatic heterocycles. The minimum Gasteiger partial charge on any atom is -0.369 e. The zero-order valence-electron chi connectivity index (χ0n) is 18.2. The van der Waals surface area contributed by atoms with Gasteiger partial charge < -0.3 is 15.1 Å². The standard InChI is InChI=1S/C13H13N3O3S2.C10H14N2.2H2/c17-12-2-1-8-16(12)10-3-5-11(6-4-10)21(18,19)15-13-14-7-9-20-13;1-2-4-10(5-3-1)12-8-6-11-7-9-12;;/h3-7,9H,1-2,8H2,(H,14,15);1-5,11H,6-9H2;2*1H. The second-order valence-corrected chi connectivity index (χ2v) is 10.2. The highest BCUT2D eigenvalue weighted by molar-refractivity contribution is 7.93. The van der Waals surface area contributed by atoms with Gasteiger partial charge in [0, 0.05) is 64.9 Å². The SMILES string of the molecule is O=C1CCCN1c1ccc(S(=O)(=O)Nc2nccs2)cc1.[HH].[HH].c1ccc(N2CCNCC2)cc1. The van der Waals surface area contributed by atoms with E-state index in [0.717, 1.165) is 38.3 Å². The molecule has 1 amide bonds. The van der Waals surface area contributed by atoms with Crippen LogP contribution in [0.1, 0.15) is 15.7 Å². The fourth-order valence-electron chi connectivity index (χ4n) is 3.74. The van der Waals surface area contributed by atoms with Crippen molar-refractivity contribution >= 4 is 43.8 Å². The molecule has 3 aromatic rings. The highest BCUT2D eigenvalue weighted by Gasteiger charge is 2.22. The van der Waals surface area contributed by atoms with Crippen LogP contribution in [0.15, 0.2) is 71.1 Å². The molecular weight excluding hydrogens is 458 g/mol. The second kappa shape index (κ2) is 10.8. The number of thiazole rings is 1. The number of carbonyl (C=O) groups is 1. The van der Waals surface area contributed by atoms with Crippen LogP contribution in [0.3, 0.4) is 0 Å². The van der Waals surface area contributed by atoms with Crippen LogP contribution in [-0.2, 0) is 14.8 Å². The average Bonchev–Trinajstić information content (AvgIpc) is 3.52. The molecule has 5 rings (SSSR count). The lowest BCUT2D eigenvalue weighted by atomic mass is 10.2. The van der Waals surface area contributed by atoms with Crippen molar-refractivity contribution in [1.82, 2.24) is 10.3 Å². The van der Waals surface area contributed by atoms with Gasteiger partial charge in [-0.1, -0.05) is 18.2 Å². The molecule has 8 nitrogen and oxygen atoms in total. The number of para-hydroxylation sites is 1. The van der Waals surface area contributed by atoms with E-state index < -0.39 is 10.0 Å². The number of anilines is 3. The van der Waals surface area contributed by atoms with E-state index in [2.05, 4.69) is 50.3 Å². The van der Waals surface area contributed by atoms with Gasteiger partial charge in [-0.05, 0) is 42.8 Å². The van der Waals surface area contributed by atoms with Gasteiger partial charge in [0.25, 0.3) is 10.0 Å². The summed E-state index contributed by atoms with van der Waals surface area (Å²) in [7, 11) is -3.64. The van der Waals surface area contributed by atoms with Crippen LogP contribution in [0, 0.1) is 0 Å². The first-order valence-electron chi connectivity index (χ1n) is 10.9. The normalized spacial score (nSPS) is 16.3. The van der Waals surface area contributed by atoms with Crippen molar-refractivity contribution in [2.45, 2.75) is 17.7 Å². The number of hydrogen-bond acceptors (Lipinski definition) is 7. The summed E-state index contributed by atoms with van der Waals surface area (Å²) in [5, 5.41) is 5.36. The maximum Gasteiger partial charge on any atom is 0.263 e. The number of benzene rings is 2. The van der Waals surface area contributed by atoms with E-state index in [-0.39, 0.29) is 13.7 Å². The summed E-state index contributed by atoms with van der Waals surface area (Å²) in [4.78, 5) is 19.8. The number of piperazine rings is 1. The number of sulfonamides is 1. The van der Waals surface area contributed by atoms with Crippen LogP contribution in [0.2, 0.25) is 0 Å². The summed E-state index contributed by atoms with van der Waals surface area (Å²) >= 11 is 1.21. The Bertz CT molecular complexity index is 1140. The van der Waals surface area contributed by atoms with Gasteiger partial charge in [-0.25, -0.2) is 13.4 Å². The van der Waals surface area contributed by atoms with Gasteiger partial charge in [0.2, 0.25) is 5.91 Å². The Morgan fingerprint density at radius 2 is 1.70 bits per heavy atom. The largest absolute Gasteiger partial charge is 0.369 e. The monoisotopic (exact) mass is 489 g/mol. The maximum atomic E-state index is 12.2. The molecule has 0 atom stereocenters. The first-order valence-corrected chi connectivity index (χ1v) is 13.2. The molecule has 2 aliphatic heterocycles. The molecule has 0 saturated carbocycles. The van der Waals surface area contributed by atoms with Crippen molar-refractivity contribution in [3.8, 4) is 0 Å².